The molecule has 2 heterocycles. The molecule has 2 aromatic heterocycles. The predicted molar refractivity (Wildman–Crippen MR) is 81.2 cm³/mol. The number of carbonyl (C=O) groups is 2. The zero-order valence-electron chi connectivity index (χ0n) is 11.0. The number of pyridine rings is 1. The third-order valence-electron chi connectivity index (χ3n) is 3.39. The Labute approximate surface area is 125 Å². The average molecular weight is 302 g/mol. The number of carbonyl (C=O) groups excluding carboxylic acids is 2. The number of amides is 1. The van der Waals surface area contributed by atoms with Crippen LogP contribution in [0.4, 0.5) is 0 Å². The van der Waals surface area contributed by atoms with Crippen LogP contribution in [0.5, 0.6) is 0 Å². The number of rotatable bonds is 4. The maximum absolute atomic E-state index is 12.1. The second kappa shape index (κ2) is 5.18. The van der Waals surface area contributed by atoms with Gasteiger partial charge in [0.2, 0.25) is 5.91 Å². The molecule has 21 heavy (non-hydrogen) atoms. The van der Waals surface area contributed by atoms with Crippen molar-refractivity contribution in [2.75, 3.05) is 0 Å². The van der Waals surface area contributed by atoms with Gasteiger partial charge in [-0.05, 0) is 30.3 Å². The summed E-state index contributed by atoms with van der Waals surface area (Å²) in [5, 5.41) is 1.74. The van der Waals surface area contributed by atoms with Gasteiger partial charge in [-0.1, -0.05) is 0 Å². The molecule has 0 spiro atoms. The quantitative estimate of drug-likeness (QED) is 0.752. The van der Waals surface area contributed by atoms with E-state index in [1.807, 2.05) is 12.1 Å². The third kappa shape index (κ3) is 2.36. The average Bonchev–Trinajstić information content (AvgIpc) is 2.78. The first-order valence-electron chi connectivity index (χ1n) is 6.45. The molecule has 0 atom stereocenters. The van der Waals surface area contributed by atoms with Gasteiger partial charge in [-0.15, -0.1) is 0 Å². The molecule has 0 radical (unpaired) electrons. The van der Waals surface area contributed by atoms with E-state index < -0.39 is 5.91 Å². The zero-order chi connectivity index (χ0) is 15.0. The minimum atomic E-state index is -0.481. The number of Topliss-reactive ketones (excluding diaryl/α,β-unsaturated/α-hetero) is 1. The van der Waals surface area contributed by atoms with Crippen molar-refractivity contribution >= 4 is 45.4 Å². The minimum absolute atomic E-state index is 0.0513. The molecule has 0 aliphatic rings. The summed E-state index contributed by atoms with van der Waals surface area (Å²) in [4.78, 5) is 27.1. The minimum Gasteiger partial charge on any atom is -0.370 e. The number of ketones is 1. The van der Waals surface area contributed by atoms with Crippen molar-refractivity contribution in [3.63, 3.8) is 0 Å². The van der Waals surface area contributed by atoms with Gasteiger partial charge in [0.15, 0.2) is 11.4 Å². The summed E-state index contributed by atoms with van der Waals surface area (Å²) in [6.07, 6.45) is 1.83. The van der Waals surface area contributed by atoms with E-state index in [2.05, 4.69) is 4.98 Å². The number of benzene rings is 1. The molecule has 106 valence electrons. The van der Waals surface area contributed by atoms with E-state index in [0.29, 0.717) is 11.2 Å². The summed E-state index contributed by atoms with van der Waals surface area (Å²) < 4.78 is 1.47. The lowest BCUT2D eigenvalue weighted by atomic mass is 10.0. The summed E-state index contributed by atoms with van der Waals surface area (Å²) in [5.74, 6) is -0.596. The Kier molecular flexibility index (Phi) is 3.35. The molecule has 0 saturated heterocycles. The number of fused-ring (bicyclic) bond motifs is 3. The van der Waals surface area contributed by atoms with Crippen LogP contribution in [0.25, 0.3) is 21.9 Å². The Morgan fingerprint density at radius 3 is 2.76 bits per heavy atom. The fourth-order valence-electron chi connectivity index (χ4n) is 2.36. The van der Waals surface area contributed by atoms with Crippen LogP contribution in [-0.4, -0.2) is 20.8 Å². The smallest absolute Gasteiger partial charge is 0.217 e. The maximum atomic E-state index is 12.1. The van der Waals surface area contributed by atoms with Crippen LogP contribution in [0.2, 0.25) is 0 Å². The molecule has 0 saturated carbocycles. The van der Waals surface area contributed by atoms with Crippen molar-refractivity contribution in [3.05, 3.63) is 42.1 Å². The Morgan fingerprint density at radius 1 is 1.19 bits per heavy atom. The highest BCUT2D eigenvalue weighted by Gasteiger charge is 2.13. The van der Waals surface area contributed by atoms with Gasteiger partial charge in [0, 0.05) is 47.2 Å². The van der Waals surface area contributed by atoms with Crippen LogP contribution in [-0.2, 0) is 4.79 Å². The number of hydrogen-bond acceptors (Lipinski definition) is 3. The third-order valence-corrected chi connectivity index (χ3v) is 3.73. The summed E-state index contributed by atoms with van der Waals surface area (Å²) in [5.41, 5.74) is 7.04. The molecule has 0 unspecified atom stereocenters. The lowest BCUT2D eigenvalue weighted by Crippen LogP contribution is -2.12. The summed E-state index contributed by atoms with van der Waals surface area (Å²) in [7, 11) is 0. The largest absolute Gasteiger partial charge is 0.370 e. The van der Waals surface area contributed by atoms with Crippen molar-refractivity contribution in [3.8, 4) is 0 Å². The number of primary amides is 1. The van der Waals surface area contributed by atoms with Crippen LogP contribution in [0.1, 0.15) is 23.2 Å². The molecule has 3 aromatic rings. The lowest BCUT2D eigenvalue weighted by molar-refractivity contribution is -0.118. The van der Waals surface area contributed by atoms with Gasteiger partial charge < -0.3 is 5.73 Å². The molecule has 5 nitrogen and oxygen atoms in total. The second-order valence-electron chi connectivity index (χ2n) is 4.78. The molecule has 6 heteroatoms. The van der Waals surface area contributed by atoms with Gasteiger partial charge in [0.05, 0.1) is 5.52 Å². The summed E-state index contributed by atoms with van der Waals surface area (Å²) >= 11 is 6.23. The van der Waals surface area contributed by atoms with E-state index in [0.717, 1.165) is 16.3 Å². The molecule has 0 bridgehead atoms. The number of nitrogens with two attached hydrogens (primary N) is 1. The molecule has 1 amide bonds. The molecular formula is C15H12ClN3O2. The fourth-order valence-corrected chi connectivity index (χ4v) is 2.64. The highest BCUT2D eigenvalue weighted by molar-refractivity contribution is 6.26. The van der Waals surface area contributed by atoms with E-state index >= 15 is 0 Å². The zero-order valence-corrected chi connectivity index (χ0v) is 11.8. The van der Waals surface area contributed by atoms with Crippen LogP contribution in [0.15, 0.2) is 36.5 Å². The molecule has 0 fully saturated rings. The lowest BCUT2D eigenvalue weighted by Gasteiger charge is -2.00. The van der Waals surface area contributed by atoms with Crippen LogP contribution < -0.4 is 5.73 Å². The van der Waals surface area contributed by atoms with E-state index in [-0.39, 0.29) is 18.6 Å². The van der Waals surface area contributed by atoms with Crippen LogP contribution >= 0.6 is 11.8 Å². The second-order valence-corrected chi connectivity index (χ2v) is 5.11. The molecule has 1 aromatic carbocycles. The first-order chi connectivity index (χ1) is 10.1. The highest BCUT2D eigenvalue weighted by Crippen LogP contribution is 2.29. The number of halogens is 1. The maximum Gasteiger partial charge on any atom is 0.217 e. The number of aromatic nitrogens is 2. The van der Waals surface area contributed by atoms with Crippen LogP contribution in [0, 0.1) is 0 Å². The van der Waals surface area contributed by atoms with Crippen molar-refractivity contribution in [1.29, 1.82) is 0 Å². The highest BCUT2D eigenvalue weighted by atomic mass is 35.5. The van der Waals surface area contributed by atoms with Crippen molar-refractivity contribution in [1.82, 2.24) is 9.07 Å². The Bertz CT molecular complexity index is 870. The van der Waals surface area contributed by atoms with Gasteiger partial charge in [0.1, 0.15) is 0 Å². The molecule has 0 aliphatic carbocycles. The first kappa shape index (κ1) is 13.6. The SMILES string of the molecule is NC(=O)CCC(=O)c1ccc2c(c1)c1cccnc1n2Cl. The van der Waals surface area contributed by atoms with Gasteiger partial charge in [-0.2, -0.15) is 0 Å². The van der Waals surface area contributed by atoms with Gasteiger partial charge in [0.25, 0.3) is 0 Å². The summed E-state index contributed by atoms with van der Waals surface area (Å²) in [6, 6.07) is 8.98. The Balaban J connectivity index is 2.09. The van der Waals surface area contributed by atoms with E-state index in [1.54, 1.807) is 24.4 Å². The Hall–Kier alpha value is -2.40. The topological polar surface area (TPSA) is 78.0 Å². The van der Waals surface area contributed by atoms with Gasteiger partial charge >= 0.3 is 0 Å². The Morgan fingerprint density at radius 2 is 2.00 bits per heavy atom. The van der Waals surface area contributed by atoms with E-state index in [1.165, 1.54) is 4.09 Å². The number of nitrogens with zero attached hydrogens (tertiary/aromatic N) is 2. The normalized spacial score (nSPS) is 11.1. The van der Waals surface area contributed by atoms with Crippen molar-refractivity contribution < 1.29 is 9.59 Å². The first-order valence-corrected chi connectivity index (χ1v) is 6.78. The van der Waals surface area contributed by atoms with Gasteiger partial charge in [-0.3, -0.25) is 9.59 Å². The summed E-state index contributed by atoms with van der Waals surface area (Å²) in [6.45, 7) is 0. The van der Waals surface area contributed by atoms with Crippen molar-refractivity contribution in [2.45, 2.75) is 12.8 Å². The molecule has 2 N–H and O–H groups in total. The van der Waals surface area contributed by atoms with E-state index in [4.69, 9.17) is 17.5 Å². The van der Waals surface area contributed by atoms with Crippen molar-refractivity contribution in [2.24, 2.45) is 5.73 Å². The number of hydrogen-bond donors (Lipinski definition) is 1. The van der Waals surface area contributed by atoms with E-state index in [9.17, 15) is 9.59 Å². The monoisotopic (exact) mass is 301 g/mol. The fraction of sp³-hybridized carbons (Fsp3) is 0.133. The van der Waals surface area contributed by atoms with Gasteiger partial charge in [-0.25, -0.2) is 9.07 Å². The van der Waals surface area contributed by atoms with Crippen LogP contribution in [0.3, 0.4) is 0 Å². The standard InChI is InChI=1S/C15H12ClN3O2/c16-19-12-4-3-9(13(20)5-6-14(17)21)8-11(12)10-2-1-7-18-15(10)19/h1-4,7-8H,5-6H2,(H2,17,21). The molecule has 0 aliphatic heterocycles. The molecule has 3 rings (SSSR count). The predicted octanol–water partition coefficient (Wildman–Crippen LogP) is 2.64. The molecular weight excluding hydrogens is 290 g/mol.